The van der Waals surface area contributed by atoms with Crippen LogP contribution in [0.15, 0.2) is 5.38 Å². The maximum Gasteiger partial charge on any atom is 0.311 e. The number of anilines is 1. The van der Waals surface area contributed by atoms with E-state index in [1.54, 1.807) is 11.3 Å². The SMILES string of the molecule is CCc1csc(N2CCC(C)(C(=O)O)C2)n1. The van der Waals surface area contributed by atoms with Gasteiger partial charge >= 0.3 is 5.97 Å². The van der Waals surface area contributed by atoms with E-state index in [9.17, 15) is 4.79 Å². The lowest BCUT2D eigenvalue weighted by atomic mass is 9.90. The van der Waals surface area contributed by atoms with E-state index in [1.807, 2.05) is 12.3 Å². The van der Waals surface area contributed by atoms with E-state index in [0.29, 0.717) is 13.0 Å². The van der Waals surface area contributed by atoms with Gasteiger partial charge in [0.1, 0.15) is 0 Å². The first-order chi connectivity index (χ1) is 7.55. The first kappa shape index (κ1) is 11.4. The van der Waals surface area contributed by atoms with Crippen LogP contribution in [-0.2, 0) is 11.2 Å². The number of carboxylic acids is 1. The summed E-state index contributed by atoms with van der Waals surface area (Å²) in [6.07, 6.45) is 1.63. The second-order valence-corrected chi connectivity index (χ2v) is 5.35. The standard InChI is InChI=1S/C11H16N2O2S/c1-3-8-6-16-10(12-8)13-5-4-11(2,7-13)9(14)15/h6H,3-5,7H2,1-2H3,(H,14,15). The molecule has 16 heavy (non-hydrogen) atoms. The minimum absolute atomic E-state index is 0.568. The normalized spacial score (nSPS) is 25.0. The lowest BCUT2D eigenvalue weighted by molar-refractivity contribution is -0.146. The van der Waals surface area contributed by atoms with Crippen LogP contribution in [0.25, 0.3) is 0 Å². The first-order valence-electron chi connectivity index (χ1n) is 5.48. The number of carbonyl (C=O) groups is 1. The van der Waals surface area contributed by atoms with Crippen molar-refractivity contribution in [2.75, 3.05) is 18.0 Å². The Balaban J connectivity index is 2.11. The molecular formula is C11H16N2O2S. The molecule has 1 aliphatic heterocycles. The number of rotatable bonds is 3. The second kappa shape index (κ2) is 4.05. The Kier molecular flexibility index (Phi) is 2.88. The summed E-state index contributed by atoms with van der Waals surface area (Å²) in [6, 6.07) is 0. The van der Waals surface area contributed by atoms with Crippen molar-refractivity contribution < 1.29 is 9.90 Å². The lowest BCUT2D eigenvalue weighted by Gasteiger charge is -2.19. The van der Waals surface area contributed by atoms with Gasteiger partial charge in [-0.15, -0.1) is 11.3 Å². The molecule has 0 saturated carbocycles. The maximum atomic E-state index is 11.1. The number of aliphatic carboxylic acids is 1. The highest BCUT2D eigenvalue weighted by Gasteiger charge is 2.41. The zero-order valence-electron chi connectivity index (χ0n) is 9.56. The first-order valence-corrected chi connectivity index (χ1v) is 6.36. The van der Waals surface area contributed by atoms with Gasteiger partial charge in [0.15, 0.2) is 5.13 Å². The zero-order chi connectivity index (χ0) is 11.8. The topological polar surface area (TPSA) is 53.4 Å². The van der Waals surface area contributed by atoms with Gasteiger partial charge in [-0.1, -0.05) is 6.92 Å². The fourth-order valence-electron chi connectivity index (χ4n) is 1.90. The van der Waals surface area contributed by atoms with E-state index in [4.69, 9.17) is 5.11 Å². The number of aromatic nitrogens is 1. The van der Waals surface area contributed by atoms with Gasteiger partial charge in [0.05, 0.1) is 11.1 Å². The number of thiazole rings is 1. The van der Waals surface area contributed by atoms with Gasteiger partial charge in [0.25, 0.3) is 0 Å². The van der Waals surface area contributed by atoms with Crippen LogP contribution in [0, 0.1) is 5.41 Å². The van der Waals surface area contributed by atoms with Crippen LogP contribution in [0.2, 0.25) is 0 Å². The summed E-state index contributed by atoms with van der Waals surface area (Å²) in [5.41, 5.74) is 0.474. The molecule has 1 aromatic rings. The molecule has 1 unspecified atom stereocenters. The number of hydrogen-bond donors (Lipinski definition) is 1. The van der Waals surface area contributed by atoms with E-state index in [0.717, 1.165) is 23.8 Å². The average Bonchev–Trinajstić information content (AvgIpc) is 2.84. The van der Waals surface area contributed by atoms with Gasteiger partial charge in [0.2, 0.25) is 0 Å². The highest BCUT2D eigenvalue weighted by atomic mass is 32.1. The quantitative estimate of drug-likeness (QED) is 0.878. The molecule has 88 valence electrons. The summed E-state index contributed by atoms with van der Waals surface area (Å²) in [6.45, 7) is 5.24. The number of carboxylic acid groups (broad SMARTS) is 1. The summed E-state index contributed by atoms with van der Waals surface area (Å²) < 4.78 is 0. The predicted octanol–water partition coefficient (Wildman–Crippen LogP) is 2.01. The van der Waals surface area contributed by atoms with Crippen LogP contribution in [0.4, 0.5) is 5.13 Å². The van der Waals surface area contributed by atoms with Crippen LogP contribution in [0.1, 0.15) is 26.0 Å². The summed E-state index contributed by atoms with van der Waals surface area (Å²) in [4.78, 5) is 17.7. The molecule has 1 aromatic heterocycles. The van der Waals surface area contributed by atoms with Crippen molar-refractivity contribution in [3.05, 3.63) is 11.1 Å². The third-order valence-electron chi connectivity index (χ3n) is 3.16. The molecule has 4 nitrogen and oxygen atoms in total. The molecule has 2 rings (SSSR count). The van der Waals surface area contributed by atoms with Gasteiger partial charge in [-0.3, -0.25) is 4.79 Å². The molecule has 1 saturated heterocycles. The molecule has 1 N–H and O–H groups in total. The van der Waals surface area contributed by atoms with Crippen LogP contribution >= 0.6 is 11.3 Å². The third kappa shape index (κ3) is 1.91. The minimum Gasteiger partial charge on any atom is -0.481 e. The Bertz CT molecular complexity index is 404. The van der Waals surface area contributed by atoms with Crippen molar-refractivity contribution in [2.45, 2.75) is 26.7 Å². The zero-order valence-corrected chi connectivity index (χ0v) is 10.4. The number of aryl methyl sites for hydroxylation is 1. The maximum absolute atomic E-state index is 11.1. The number of nitrogens with zero attached hydrogens (tertiary/aromatic N) is 2. The van der Waals surface area contributed by atoms with Gasteiger partial charge in [-0.2, -0.15) is 0 Å². The fraction of sp³-hybridized carbons (Fsp3) is 0.636. The Hall–Kier alpha value is -1.10. The van der Waals surface area contributed by atoms with E-state index in [2.05, 4.69) is 16.8 Å². The molecule has 0 amide bonds. The number of hydrogen-bond acceptors (Lipinski definition) is 4. The Morgan fingerprint density at radius 2 is 2.50 bits per heavy atom. The van der Waals surface area contributed by atoms with Crippen molar-refractivity contribution in [1.82, 2.24) is 4.98 Å². The monoisotopic (exact) mass is 240 g/mol. The fourth-order valence-corrected chi connectivity index (χ4v) is 2.84. The summed E-state index contributed by atoms with van der Waals surface area (Å²) in [7, 11) is 0. The molecule has 0 aromatic carbocycles. The molecule has 0 spiro atoms. The molecule has 1 fully saturated rings. The van der Waals surface area contributed by atoms with Crippen LogP contribution in [-0.4, -0.2) is 29.1 Å². The van der Waals surface area contributed by atoms with E-state index in [1.165, 1.54) is 0 Å². The molecule has 1 aliphatic rings. The highest BCUT2D eigenvalue weighted by molar-refractivity contribution is 7.13. The predicted molar refractivity (Wildman–Crippen MR) is 64.1 cm³/mol. The Morgan fingerprint density at radius 1 is 1.75 bits per heavy atom. The second-order valence-electron chi connectivity index (χ2n) is 4.51. The summed E-state index contributed by atoms with van der Waals surface area (Å²) in [5, 5.41) is 12.2. The van der Waals surface area contributed by atoms with E-state index >= 15 is 0 Å². The Morgan fingerprint density at radius 3 is 3.00 bits per heavy atom. The smallest absolute Gasteiger partial charge is 0.311 e. The Labute approximate surface area is 98.9 Å². The van der Waals surface area contributed by atoms with Crippen LogP contribution in [0.5, 0.6) is 0 Å². The third-order valence-corrected chi connectivity index (χ3v) is 4.11. The van der Waals surface area contributed by atoms with Crippen LogP contribution < -0.4 is 4.90 Å². The molecule has 1 atom stereocenters. The van der Waals surface area contributed by atoms with Crippen molar-refractivity contribution in [3.63, 3.8) is 0 Å². The molecule has 5 heteroatoms. The van der Waals surface area contributed by atoms with E-state index < -0.39 is 11.4 Å². The molecular weight excluding hydrogens is 224 g/mol. The molecule has 0 bridgehead atoms. The van der Waals surface area contributed by atoms with Crippen molar-refractivity contribution in [3.8, 4) is 0 Å². The molecule has 0 radical (unpaired) electrons. The van der Waals surface area contributed by atoms with Gasteiger partial charge in [0, 0.05) is 18.5 Å². The van der Waals surface area contributed by atoms with Crippen LogP contribution in [0.3, 0.4) is 0 Å². The largest absolute Gasteiger partial charge is 0.481 e. The molecule has 2 heterocycles. The van der Waals surface area contributed by atoms with E-state index in [-0.39, 0.29) is 0 Å². The van der Waals surface area contributed by atoms with Crippen molar-refractivity contribution >= 4 is 22.4 Å². The summed E-state index contributed by atoms with van der Waals surface area (Å²) in [5.74, 6) is -0.706. The highest BCUT2D eigenvalue weighted by Crippen LogP contribution is 2.34. The average molecular weight is 240 g/mol. The lowest BCUT2D eigenvalue weighted by Crippen LogP contribution is -2.31. The van der Waals surface area contributed by atoms with Gasteiger partial charge in [-0.05, 0) is 19.8 Å². The molecule has 0 aliphatic carbocycles. The van der Waals surface area contributed by atoms with Gasteiger partial charge in [-0.25, -0.2) is 4.98 Å². The van der Waals surface area contributed by atoms with Crippen molar-refractivity contribution in [2.24, 2.45) is 5.41 Å². The summed E-state index contributed by atoms with van der Waals surface area (Å²) >= 11 is 1.61. The minimum atomic E-state index is -0.706. The van der Waals surface area contributed by atoms with Gasteiger partial charge < -0.3 is 10.0 Å². The van der Waals surface area contributed by atoms with Crippen molar-refractivity contribution in [1.29, 1.82) is 0 Å².